The van der Waals surface area contributed by atoms with Crippen LogP contribution < -0.4 is 0 Å². The van der Waals surface area contributed by atoms with Crippen LogP contribution in [0.25, 0.3) is 0 Å². The molecule has 1 unspecified atom stereocenters. The minimum atomic E-state index is -1.71. The fraction of sp³-hybridized carbons (Fsp3) is 0.529. The minimum Gasteiger partial charge on any atom is -0.468 e. The lowest BCUT2D eigenvalue weighted by Gasteiger charge is -2.39. The van der Waals surface area contributed by atoms with Gasteiger partial charge in [0.25, 0.3) is 0 Å². The monoisotopic (exact) mass is 368 g/mol. The molecule has 0 aromatic carbocycles. The van der Waals surface area contributed by atoms with E-state index in [1.807, 2.05) is 0 Å². The molecular formula is C17H21ClN2O5. The predicted molar refractivity (Wildman–Crippen MR) is 90.4 cm³/mol. The Morgan fingerprint density at radius 2 is 2.00 bits per heavy atom. The number of Topliss-reactive ketones (excluding diaryl/α,β-unsaturated/α-hetero) is 1. The van der Waals surface area contributed by atoms with Crippen molar-refractivity contribution in [1.29, 1.82) is 0 Å². The number of rotatable bonds is 2. The van der Waals surface area contributed by atoms with Gasteiger partial charge < -0.3 is 14.4 Å². The predicted octanol–water partition coefficient (Wildman–Crippen LogP) is 2.36. The van der Waals surface area contributed by atoms with Crippen molar-refractivity contribution in [2.24, 2.45) is 0 Å². The fourth-order valence-electron chi connectivity index (χ4n) is 2.71. The van der Waals surface area contributed by atoms with Gasteiger partial charge in [-0.2, -0.15) is 0 Å². The van der Waals surface area contributed by atoms with Crippen LogP contribution in [0.4, 0.5) is 4.79 Å². The number of ether oxygens (including phenoxy) is 2. The maximum atomic E-state index is 12.7. The van der Waals surface area contributed by atoms with Crippen molar-refractivity contribution in [3.05, 3.63) is 29.0 Å². The van der Waals surface area contributed by atoms with Gasteiger partial charge in [-0.05, 0) is 32.9 Å². The van der Waals surface area contributed by atoms with Crippen molar-refractivity contribution in [2.75, 3.05) is 20.2 Å². The number of ketones is 1. The molecule has 2 heterocycles. The van der Waals surface area contributed by atoms with Gasteiger partial charge in [-0.1, -0.05) is 17.7 Å². The number of nitrogens with zero attached hydrogens (tertiary/aromatic N) is 2. The number of pyridine rings is 1. The number of carbonyl (C=O) groups excluding carboxylic acids is 3. The average molecular weight is 369 g/mol. The van der Waals surface area contributed by atoms with Crippen LogP contribution in [-0.4, -0.2) is 53.5 Å². The van der Waals surface area contributed by atoms with Crippen molar-refractivity contribution in [3.8, 4) is 0 Å². The number of halogens is 1. The van der Waals surface area contributed by atoms with E-state index in [-0.39, 0.29) is 36.1 Å². The largest absolute Gasteiger partial charge is 0.468 e. The molecule has 1 aromatic rings. The topological polar surface area (TPSA) is 85.8 Å². The highest BCUT2D eigenvalue weighted by Gasteiger charge is 2.54. The number of methoxy groups -OCH3 is 1. The average Bonchev–Trinajstić information content (AvgIpc) is 2.53. The fourth-order valence-corrected chi connectivity index (χ4v) is 2.88. The smallest absolute Gasteiger partial charge is 0.410 e. The van der Waals surface area contributed by atoms with Crippen molar-refractivity contribution in [3.63, 3.8) is 0 Å². The summed E-state index contributed by atoms with van der Waals surface area (Å²) in [5.41, 5.74) is -2.25. The van der Waals surface area contributed by atoms with Crippen LogP contribution in [0, 0.1) is 0 Å². The third kappa shape index (κ3) is 3.92. The van der Waals surface area contributed by atoms with Crippen molar-refractivity contribution in [2.45, 2.75) is 38.2 Å². The molecule has 136 valence electrons. The summed E-state index contributed by atoms with van der Waals surface area (Å²) in [6.45, 7) is 5.18. The van der Waals surface area contributed by atoms with Gasteiger partial charge >= 0.3 is 12.1 Å². The second-order valence-corrected chi connectivity index (χ2v) is 7.20. The molecule has 8 heteroatoms. The lowest BCUT2D eigenvalue weighted by Crippen LogP contribution is -2.59. The van der Waals surface area contributed by atoms with Gasteiger partial charge in [0.2, 0.25) is 0 Å². The van der Waals surface area contributed by atoms with Crippen LogP contribution in [0.5, 0.6) is 0 Å². The Morgan fingerprint density at radius 3 is 2.56 bits per heavy atom. The molecule has 0 saturated carbocycles. The standard InChI is InChI=1S/C17H21ClN2O5/c1-16(2,3)25-15(23)20-9-8-12(21)17(10-20,14(22)24-4)11-6-5-7-13(18)19-11/h5-7H,8-10H2,1-4H3. The minimum absolute atomic E-state index is 0.0114. The molecule has 1 aliphatic rings. The van der Waals surface area contributed by atoms with Gasteiger partial charge in [0.05, 0.1) is 19.3 Å². The first-order valence-electron chi connectivity index (χ1n) is 7.83. The molecule has 1 aliphatic heterocycles. The number of aromatic nitrogens is 1. The van der Waals surface area contributed by atoms with Crippen LogP contribution in [0.2, 0.25) is 5.15 Å². The van der Waals surface area contributed by atoms with Crippen LogP contribution in [-0.2, 0) is 24.5 Å². The van der Waals surface area contributed by atoms with Crippen LogP contribution in [0.1, 0.15) is 32.9 Å². The number of piperidine rings is 1. The molecule has 1 aromatic heterocycles. The zero-order chi connectivity index (χ0) is 18.8. The maximum absolute atomic E-state index is 12.7. The van der Waals surface area contributed by atoms with Crippen LogP contribution >= 0.6 is 11.6 Å². The number of carbonyl (C=O) groups is 3. The van der Waals surface area contributed by atoms with Gasteiger partial charge in [0.15, 0.2) is 11.2 Å². The highest BCUT2D eigenvalue weighted by Crippen LogP contribution is 2.33. The summed E-state index contributed by atoms with van der Waals surface area (Å²) in [6, 6.07) is 4.66. The quantitative estimate of drug-likeness (QED) is 0.452. The number of esters is 1. The zero-order valence-electron chi connectivity index (χ0n) is 14.7. The van der Waals surface area contributed by atoms with Gasteiger partial charge in [-0.3, -0.25) is 9.59 Å². The molecule has 1 saturated heterocycles. The second kappa shape index (κ2) is 7.00. The van der Waals surface area contributed by atoms with Gasteiger partial charge in [0.1, 0.15) is 10.8 Å². The molecule has 1 atom stereocenters. The first kappa shape index (κ1) is 19.2. The molecule has 7 nitrogen and oxygen atoms in total. The molecule has 2 rings (SSSR count). The first-order chi connectivity index (χ1) is 11.6. The number of hydrogen-bond acceptors (Lipinski definition) is 6. The summed E-state index contributed by atoms with van der Waals surface area (Å²) in [7, 11) is 1.19. The Labute approximate surface area is 151 Å². The molecule has 0 N–H and O–H groups in total. The highest BCUT2D eigenvalue weighted by atomic mass is 35.5. The van der Waals surface area contributed by atoms with Crippen LogP contribution in [0.15, 0.2) is 18.2 Å². The van der Waals surface area contributed by atoms with E-state index < -0.39 is 23.1 Å². The molecule has 25 heavy (non-hydrogen) atoms. The molecule has 1 amide bonds. The summed E-state index contributed by atoms with van der Waals surface area (Å²) >= 11 is 5.93. The number of hydrogen-bond donors (Lipinski definition) is 0. The van der Waals surface area contributed by atoms with E-state index in [0.29, 0.717) is 0 Å². The summed E-state index contributed by atoms with van der Waals surface area (Å²) in [6.07, 6.45) is -0.613. The zero-order valence-corrected chi connectivity index (χ0v) is 15.4. The Hall–Kier alpha value is -2.15. The molecular weight excluding hydrogens is 348 g/mol. The molecule has 1 fully saturated rings. The van der Waals surface area contributed by atoms with Gasteiger partial charge in [-0.15, -0.1) is 0 Å². The van der Waals surface area contributed by atoms with Gasteiger partial charge in [0, 0.05) is 13.0 Å². The Bertz CT molecular complexity index is 691. The van der Waals surface area contributed by atoms with Crippen molar-refractivity contribution < 1.29 is 23.9 Å². The number of amides is 1. The van der Waals surface area contributed by atoms with Gasteiger partial charge in [-0.25, -0.2) is 9.78 Å². The highest BCUT2D eigenvalue weighted by molar-refractivity contribution is 6.29. The summed E-state index contributed by atoms with van der Waals surface area (Å²) in [5, 5.41) is 0.142. The molecule has 0 spiro atoms. The van der Waals surface area contributed by atoms with Crippen LogP contribution in [0.3, 0.4) is 0 Å². The second-order valence-electron chi connectivity index (χ2n) is 6.82. The van der Waals surface area contributed by atoms with E-state index >= 15 is 0 Å². The van der Waals surface area contributed by atoms with Crippen molar-refractivity contribution >= 4 is 29.4 Å². The van der Waals surface area contributed by atoms with E-state index in [0.717, 1.165) is 0 Å². The third-order valence-corrected chi connectivity index (χ3v) is 4.06. The van der Waals surface area contributed by atoms with E-state index in [1.165, 1.54) is 24.1 Å². The van der Waals surface area contributed by atoms with E-state index in [2.05, 4.69) is 4.98 Å². The number of likely N-dealkylation sites (tertiary alicyclic amines) is 1. The SMILES string of the molecule is COC(=O)C1(c2cccc(Cl)n2)CN(C(=O)OC(C)(C)C)CCC1=O. The van der Waals surface area contributed by atoms with Crippen molar-refractivity contribution in [1.82, 2.24) is 9.88 Å². The molecule has 0 radical (unpaired) electrons. The normalized spacial score (nSPS) is 21.0. The Morgan fingerprint density at radius 1 is 1.32 bits per heavy atom. The third-order valence-electron chi connectivity index (χ3n) is 3.85. The maximum Gasteiger partial charge on any atom is 0.410 e. The molecule has 0 aliphatic carbocycles. The Balaban J connectivity index is 2.45. The Kier molecular flexibility index (Phi) is 5.37. The summed E-state index contributed by atoms with van der Waals surface area (Å²) < 4.78 is 10.2. The van der Waals surface area contributed by atoms with E-state index in [4.69, 9.17) is 21.1 Å². The summed E-state index contributed by atoms with van der Waals surface area (Å²) in [4.78, 5) is 43.1. The lowest BCUT2D eigenvalue weighted by atomic mass is 9.75. The summed E-state index contributed by atoms with van der Waals surface area (Å²) in [5.74, 6) is -1.14. The van der Waals surface area contributed by atoms with E-state index in [1.54, 1.807) is 26.8 Å². The lowest BCUT2D eigenvalue weighted by molar-refractivity contribution is -0.154. The van der Waals surface area contributed by atoms with E-state index in [9.17, 15) is 14.4 Å². The first-order valence-corrected chi connectivity index (χ1v) is 8.20. The molecule has 0 bridgehead atoms.